The lowest BCUT2D eigenvalue weighted by molar-refractivity contribution is -0.129. The minimum absolute atomic E-state index is 0.0675. The van der Waals surface area contributed by atoms with E-state index in [0.717, 1.165) is 19.4 Å². The molecule has 0 aromatic rings. The average molecular weight is 229 g/mol. The third kappa shape index (κ3) is 9.45. The van der Waals surface area contributed by atoms with Gasteiger partial charge in [0.05, 0.1) is 0 Å². The second kappa shape index (κ2) is 9.15. The van der Waals surface area contributed by atoms with Gasteiger partial charge in [-0.1, -0.05) is 6.92 Å². The molecule has 0 saturated carbocycles. The van der Waals surface area contributed by atoms with E-state index in [1.165, 1.54) is 0 Å². The molecular weight excluding hydrogens is 206 g/mol. The van der Waals surface area contributed by atoms with E-state index < -0.39 is 0 Å². The van der Waals surface area contributed by atoms with Crippen molar-refractivity contribution in [2.24, 2.45) is 0 Å². The van der Waals surface area contributed by atoms with E-state index in [9.17, 15) is 9.59 Å². The molecule has 16 heavy (non-hydrogen) atoms. The topological polar surface area (TPSA) is 61.4 Å². The third-order valence-electron chi connectivity index (χ3n) is 2.00. The normalized spacial score (nSPS) is 10.2. The van der Waals surface area contributed by atoms with Gasteiger partial charge in [-0.3, -0.25) is 9.59 Å². The molecule has 2 amide bonds. The van der Waals surface area contributed by atoms with Crippen LogP contribution in [-0.2, 0) is 9.59 Å². The number of rotatable bonds is 8. The highest BCUT2D eigenvalue weighted by molar-refractivity contribution is 5.96. The fourth-order valence-corrected chi connectivity index (χ4v) is 1.16. The van der Waals surface area contributed by atoms with Crippen molar-refractivity contribution in [1.29, 1.82) is 0 Å². The van der Waals surface area contributed by atoms with Crippen LogP contribution in [0.15, 0.2) is 0 Å². The number of hydrogen-bond acceptors (Lipinski definition) is 3. The SMILES string of the molecule is CCCNC(=O)CC(=O)NCCCN(C)C. The monoisotopic (exact) mass is 229 g/mol. The van der Waals surface area contributed by atoms with E-state index in [1.807, 2.05) is 21.0 Å². The lowest BCUT2D eigenvalue weighted by Gasteiger charge is -2.09. The number of hydrogen-bond donors (Lipinski definition) is 2. The summed E-state index contributed by atoms with van der Waals surface area (Å²) in [6.07, 6.45) is 1.72. The zero-order valence-corrected chi connectivity index (χ0v) is 10.5. The minimum atomic E-state index is -0.202. The molecule has 0 aliphatic heterocycles. The van der Waals surface area contributed by atoms with Crippen LogP contribution >= 0.6 is 0 Å². The van der Waals surface area contributed by atoms with Crippen LogP contribution < -0.4 is 10.6 Å². The van der Waals surface area contributed by atoms with Gasteiger partial charge in [0, 0.05) is 13.1 Å². The van der Waals surface area contributed by atoms with Crippen molar-refractivity contribution in [3.8, 4) is 0 Å². The van der Waals surface area contributed by atoms with Gasteiger partial charge in [0.2, 0.25) is 11.8 Å². The first-order valence-electron chi connectivity index (χ1n) is 5.74. The van der Waals surface area contributed by atoms with E-state index in [0.29, 0.717) is 13.1 Å². The van der Waals surface area contributed by atoms with Crippen molar-refractivity contribution in [3.05, 3.63) is 0 Å². The van der Waals surface area contributed by atoms with Gasteiger partial charge in [0.25, 0.3) is 0 Å². The molecule has 0 aromatic carbocycles. The van der Waals surface area contributed by atoms with E-state index in [1.54, 1.807) is 0 Å². The van der Waals surface area contributed by atoms with Crippen LogP contribution in [0.2, 0.25) is 0 Å². The summed E-state index contributed by atoms with van der Waals surface area (Å²) in [7, 11) is 3.97. The van der Waals surface area contributed by atoms with Crippen molar-refractivity contribution in [1.82, 2.24) is 15.5 Å². The first-order valence-corrected chi connectivity index (χ1v) is 5.74. The van der Waals surface area contributed by atoms with Gasteiger partial charge < -0.3 is 15.5 Å². The predicted molar refractivity (Wildman–Crippen MR) is 64.1 cm³/mol. The summed E-state index contributed by atoms with van der Waals surface area (Å²) >= 11 is 0. The second-order valence-electron chi connectivity index (χ2n) is 4.03. The molecule has 0 spiro atoms. The Hall–Kier alpha value is -1.10. The summed E-state index contributed by atoms with van der Waals surface area (Å²) < 4.78 is 0. The van der Waals surface area contributed by atoms with Gasteiger partial charge in [0.1, 0.15) is 6.42 Å². The molecule has 0 aliphatic rings. The molecule has 0 aliphatic carbocycles. The van der Waals surface area contributed by atoms with Gasteiger partial charge in [-0.2, -0.15) is 0 Å². The molecule has 0 unspecified atom stereocenters. The van der Waals surface area contributed by atoms with Crippen LogP contribution in [0.1, 0.15) is 26.2 Å². The zero-order valence-electron chi connectivity index (χ0n) is 10.5. The van der Waals surface area contributed by atoms with Gasteiger partial charge in [-0.25, -0.2) is 0 Å². The standard InChI is InChI=1S/C11H23N3O2/c1-4-6-12-10(15)9-11(16)13-7-5-8-14(2)3/h4-9H2,1-3H3,(H,12,15)(H,13,16). The summed E-state index contributed by atoms with van der Waals surface area (Å²) in [6, 6.07) is 0. The first kappa shape index (κ1) is 14.9. The first-order chi connectivity index (χ1) is 7.56. The Morgan fingerprint density at radius 2 is 1.62 bits per heavy atom. The van der Waals surface area contributed by atoms with E-state index in [2.05, 4.69) is 15.5 Å². The molecule has 0 heterocycles. The quantitative estimate of drug-likeness (QED) is 0.454. The summed E-state index contributed by atoms with van der Waals surface area (Å²) in [5.41, 5.74) is 0. The van der Waals surface area contributed by atoms with Crippen molar-refractivity contribution >= 4 is 11.8 Å². The molecule has 0 saturated heterocycles. The molecule has 2 N–H and O–H groups in total. The summed E-state index contributed by atoms with van der Waals surface area (Å²) in [5.74, 6) is -0.403. The van der Waals surface area contributed by atoms with E-state index in [-0.39, 0.29) is 18.2 Å². The zero-order chi connectivity index (χ0) is 12.4. The predicted octanol–water partition coefficient (Wildman–Crippen LogP) is -0.0294. The third-order valence-corrected chi connectivity index (χ3v) is 2.00. The van der Waals surface area contributed by atoms with Crippen LogP contribution in [-0.4, -0.2) is 50.4 Å². The van der Waals surface area contributed by atoms with Gasteiger partial charge in [-0.05, 0) is 33.5 Å². The van der Waals surface area contributed by atoms with Gasteiger partial charge >= 0.3 is 0 Å². The van der Waals surface area contributed by atoms with Crippen molar-refractivity contribution in [3.63, 3.8) is 0 Å². The van der Waals surface area contributed by atoms with Crippen molar-refractivity contribution < 1.29 is 9.59 Å². The number of nitrogens with one attached hydrogen (secondary N) is 2. The molecule has 0 atom stereocenters. The molecule has 0 aromatic heterocycles. The molecule has 0 fully saturated rings. The summed E-state index contributed by atoms with van der Waals surface area (Å²) in [4.78, 5) is 24.5. The van der Waals surface area contributed by atoms with Crippen LogP contribution in [0.4, 0.5) is 0 Å². The Morgan fingerprint density at radius 1 is 1.06 bits per heavy atom. The second-order valence-corrected chi connectivity index (χ2v) is 4.03. The summed E-state index contributed by atoms with van der Waals surface area (Å²) in [5, 5.41) is 5.38. The maximum absolute atomic E-state index is 11.3. The molecular formula is C11H23N3O2. The molecule has 94 valence electrons. The highest BCUT2D eigenvalue weighted by Gasteiger charge is 2.07. The van der Waals surface area contributed by atoms with Crippen LogP contribution in [0.25, 0.3) is 0 Å². The highest BCUT2D eigenvalue weighted by Crippen LogP contribution is 1.84. The van der Waals surface area contributed by atoms with Gasteiger partial charge in [-0.15, -0.1) is 0 Å². The molecule has 0 bridgehead atoms. The largest absolute Gasteiger partial charge is 0.356 e. The lowest BCUT2D eigenvalue weighted by Crippen LogP contribution is -2.33. The maximum Gasteiger partial charge on any atom is 0.229 e. The summed E-state index contributed by atoms with van der Waals surface area (Å²) in [6.45, 7) is 4.16. The fourth-order valence-electron chi connectivity index (χ4n) is 1.16. The van der Waals surface area contributed by atoms with Crippen molar-refractivity contribution in [2.45, 2.75) is 26.2 Å². The Kier molecular flexibility index (Phi) is 8.52. The number of amides is 2. The smallest absolute Gasteiger partial charge is 0.229 e. The van der Waals surface area contributed by atoms with E-state index in [4.69, 9.17) is 0 Å². The lowest BCUT2D eigenvalue weighted by atomic mass is 10.3. The van der Waals surface area contributed by atoms with Crippen molar-refractivity contribution in [2.75, 3.05) is 33.7 Å². The molecule has 5 nitrogen and oxygen atoms in total. The fraction of sp³-hybridized carbons (Fsp3) is 0.818. The Bertz CT molecular complexity index is 217. The number of carbonyl (C=O) groups is 2. The Morgan fingerprint density at radius 3 is 2.12 bits per heavy atom. The molecule has 5 heteroatoms. The molecule has 0 rings (SSSR count). The maximum atomic E-state index is 11.3. The average Bonchev–Trinajstić information content (AvgIpc) is 2.21. The van der Waals surface area contributed by atoms with Crippen LogP contribution in [0.5, 0.6) is 0 Å². The van der Waals surface area contributed by atoms with E-state index >= 15 is 0 Å². The highest BCUT2D eigenvalue weighted by atomic mass is 16.2. The Balaban J connectivity index is 3.47. The van der Waals surface area contributed by atoms with Gasteiger partial charge in [0.15, 0.2) is 0 Å². The van der Waals surface area contributed by atoms with Crippen LogP contribution in [0, 0.1) is 0 Å². The Labute approximate surface area is 97.6 Å². The number of carbonyl (C=O) groups excluding carboxylic acids is 2. The molecule has 0 radical (unpaired) electrons. The number of nitrogens with zero attached hydrogens (tertiary/aromatic N) is 1. The minimum Gasteiger partial charge on any atom is -0.356 e. The van der Waals surface area contributed by atoms with Crippen LogP contribution in [0.3, 0.4) is 0 Å².